The highest BCUT2D eigenvalue weighted by Gasteiger charge is 2.40. The standard InChI is InChI=1S/C15H20N2O2/c1-2-3-9-16-13-10-14(18)17(15(13)19)11-12-7-5-4-6-8-12/h4-8,13,16H,2-3,9-11H2,1H3/p+1/t13-/m1/s1. The van der Waals surface area contributed by atoms with Crippen molar-refractivity contribution in [3.05, 3.63) is 35.9 Å². The van der Waals surface area contributed by atoms with E-state index in [0.717, 1.165) is 24.9 Å². The maximum atomic E-state index is 12.2. The molecule has 4 nitrogen and oxygen atoms in total. The number of imide groups is 1. The third kappa shape index (κ3) is 3.41. The number of nitrogens with two attached hydrogens (primary N) is 1. The maximum Gasteiger partial charge on any atom is 0.288 e. The van der Waals surface area contributed by atoms with E-state index in [1.54, 1.807) is 0 Å². The van der Waals surface area contributed by atoms with Crippen LogP contribution >= 0.6 is 0 Å². The number of carbonyl (C=O) groups excluding carboxylic acids is 2. The summed E-state index contributed by atoms with van der Waals surface area (Å²) in [7, 11) is 0. The van der Waals surface area contributed by atoms with E-state index in [9.17, 15) is 9.59 Å². The quantitative estimate of drug-likeness (QED) is 0.605. The number of carbonyl (C=O) groups is 2. The largest absolute Gasteiger partial charge is 0.336 e. The molecule has 0 spiro atoms. The molecule has 1 aromatic carbocycles. The summed E-state index contributed by atoms with van der Waals surface area (Å²) in [5, 5.41) is 2.01. The van der Waals surface area contributed by atoms with Gasteiger partial charge in [0.1, 0.15) is 0 Å². The summed E-state index contributed by atoms with van der Waals surface area (Å²) in [5.41, 5.74) is 0.999. The van der Waals surface area contributed by atoms with Gasteiger partial charge in [-0.05, 0) is 12.0 Å². The van der Waals surface area contributed by atoms with Crippen molar-refractivity contribution in [2.24, 2.45) is 0 Å². The Morgan fingerprint density at radius 1 is 1.26 bits per heavy atom. The Bertz CT molecular complexity index is 445. The van der Waals surface area contributed by atoms with E-state index >= 15 is 0 Å². The topological polar surface area (TPSA) is 54.0 Å². The van der Waals surface area contributed by atoms with Crippen molar-refractivity contribution in [1.82, 2.24) is 4.90 Å². The Balaban J connectivity index is 1.95. The number of hydrogen-bond donors (Lipinski definition) is 1. The molecular formula is C15H21N2O2+. The van der Waals surface area contributed by atoms with Crippen molar-refractivity contribution in [2.75, 3.05) is 6.54 Å². The first-order valence-electron chi connectivity index (χ1n) is 6.94. The Morgan fingerprint density at radius 2 is 2.00 bits per heavy atom. The minimum atomic E-state index is -0.206. The molecule has 0 saturated carbocycles. The molecule has 1 aliphatic rings. The lowest BCUT2D eigenvalue weighted by atomic mass is 10.2. The summed E-state index contributed by atoms with van der Waals surface area (Å²) in [6, 6.07) is 9.45. The normalized spacial score (nSPS) is 19.2. The van der Waals surface area contributed by atoms with Gasteiger partial charge in [-0.15, -0.1) is 0 Å². The monoisotopic (exact) mass is 261 g/mol. The molecule has 19 heavy (non-hydrogen) atoms. The lowest BCUT2D eigenvalue weighted by Crippen LogP contribution is -2.91. The van der Waals surface area contributed by atoms with Gasteiger partial charge in [0.15, 0.2) is 6.04 Å². The number of benzene rings is 1. The fourth-order valence-corrected chi connectivity index (χ4v) is 2.35. The number of rotatable bonds is 6. The van der Waals surface area contributed by atoms with Crippen molar-refractivity contribution in [3.8, 4) is 0 Å². The summed E-state index contributed by atoms with van der Waals surface area (Å²) in [6.45, 7) is 3.44. The van der Waals surface area contributed by atoms with Gasteiger partial charge in [-0.2, -0.15) is 0 Å². The average molecular weight is 261 g/mol. The molecule has 0 aliphatic carbocycles. The molecule has 0 unspecified atom stereocenters. The number of quaternary nitrogens is 1. The third-order valence-corrected chi connectivity index (χ3v) is 3.47. The Labute approximate surface area is 113 Å². The number of unbranched alkanes of at least 4 members (excludes halogenated alkanes) is 1. The van der Waals surface area contributed by atoms with Crippen LogP contribution in [-0.4, -0.2) is 29.3 Å². The molecule has 1 saturated heterocycles. The highest BCUT2D eigenvalue weighted by Crippen LogP contribution is 2.14. The lowest BCUT2D eigenvalue weighted by Gasteiger charge is -2.14. The SMILES string of the molecule is CCCC[NH2+][C@@H]1CC(=O)N(Cc2ccccc2)C1=O. The first-order valence-corrected chi connectivity index (χ1v) is 6.94. The molecule has 1 atom stereocenters. The zero-order chi connectivity index (χ0) is 13.7. The van der Waals surface area contributed by atoms with E-state index in [4.69, 9.17) is 0 Å². The summed E-state index contributed by atoms with van der Waals surface area (Å²) in [4.78, 5) is 25.5. The van der Waals surface area contributed by atoms with Gasteiger partial charge >= 0.3 is 0 Å². The van der Waals surface area contributed by atoms with Gasteiger partial charge in [-0.1, -0.05) is 43.7 Å². The molecule has 1 heterocycles. The van der Waals surface area contributed by atoms with Crippen LogP contribution in [0, 0.1) is 0 Å². The molecule has 1 fully saturated rings. The van der Waals surface area contributed by atoms with E-state index in [2.05, 4.69) is 6.92 Å². The number of likely N-dealkylation sites (tertiary alicyclic amines) is 1. The zero-order valence-electron chi connectivity index (χ0n) is 11.3. The molecule has 2 amide bonds. The summed E-state index contributed by atoms with van der Waals surface area (Å²) in [5.74, 6) is -0.0865. The molecule has 0 bridgehead atoms. The number of hydrogen-bond acceptors (Lipinski definition) is 2. The minimum Gasteiger partial charge on any atom is -0.336 e. The van der Waals surface area contributed by atoms with Crippen LogP contribution in [0.25, 0.3) is 0 Å². The highest BCUT2D eigenvalue weighted by molar-refractivity contribution is 6.04. The first-order chi connectivity index (χ1) is 9.22. The van der Waals surface area contributed by atoms with Gasteiger partial charge in [0, 0.05) is 0 Å². The van der Waals surface area contributed by atoms with Crippen molar-refractivity contribution in [3.63, 3.8) is 0 Å². The smallest absolute Gasteiger partial charge is 0.288 e. The Morgan fingerprint density at radius 3 is 2.68 bits per heavy atom. The van der Waals surface area contributed by atoms with Crippen LogP contribution in [-0.2, 0) is 16.1 Å². The predicted octanol–water partition coefficient (Wildman–Crippen LogP) is 0.678. The molecule has 2 N–H and O–H groups in total. The molecule has 4 heteroatoms. The molecule has 102 valence electrons. The summed E-state index contributed by atoms with van der Waals surface area (Å²) >= 11 is 0. The third-order valence-electron chi connectivity index (χ3n) is 3.47. The van der Waals surface area contributed by atoms with Crippen molar-refractivity contribution >= 4 is 11.8 Å². The van der Waals surface area contributed by atoms with Gasteiger partial charge < -0.3 is 5.32 Å². The number of nitrogens with zero attached hydrogens (tertiary/aromatic N) is 1. The van der Waals surface area contributed by atoms with Crippen molar-refractivity contribution in [1.29, 1.82) is 0 Å². The highest BCUT2D eigenvalue weighted by atomic mass is 16.2. The predicted molar refractivity (Wildman–Crippen MR) is 72.1 cm³/mol. The fraction of sp³-hybridized carbons (Fsp3) is 0.467. The molecule has 1 aliphatic heterocycles. The molecule has 1 aromatic rings. The first kappa shape index (κ1) is 13.7. The van der Waals surface area contributed by atoms with Crippen LogP contribution in [0.1, 0.15) is 31.7 Å². The van der Waals surface area contributed by atoms with Crippen molar-refractivity contribution < 1.29 is 14.9 Å². The van der Waals surface area contributed by atoms with Gasteiger partial charge in [0.25, 0.3) is 5.91 Å². The van der Waals surface area contributed by atoms with E-state index < -0.39 is 0 Å². The molecule has 0 radical (unpaired) electrons. The zero-order valence-corrected chi connectivity index (χ0v) is 11.3. The van der Waals surface area contributed by atoms with Crippen LogP contribution in [0.2, 0.25) is 0 Å². The minimum absolute atomic E-state index is 0.0371. The lowest BCUT2D eigenvalue weighted by molar-refractivity contribution is -0.675. The summed E-state index contributed by atoms with van der Waals surface area (Å²) in [6.07, 6.45) is 2.53. The fourth-order valence-electron chi connectivity index (χ4n) is 2.35. The van der Waals surface area contributed by atoms with Crippen LogP contribution in [0.4, 0.5) is 0 Å². The summed E-state index contributed by atoms with van der Waals surface area (Å²) < 4.78 is 0. The van der Waals surface area contributed by atoms with Gasteiger partial charge in [-0.25, -0.2) is 0 Å². The van der Waals surface area contributed by atoms with Crippen LogP contribution in [0.15, 0.2) is 30.3 Å². The van der Waals surface area contributed by atoms with Crippen LogP contribution < -0.4 is 5.32 Å². The van der Waals surface area contributed by atoms with Gasteiger partial charge in [0.05, 0.1) is 19.5 Å². The van der Waals surface area contributed by atoms with Crippen molar-refractivity contribution in [2.45, 2.75) is 38.8 Å². The second-order valence-electron chi connectivity index (χ2n) is 4.99. The maximum absolute atomic E-state index is 12.2. The van der Waals surface area contributed by atoms with E-state index in [0.29, 0.717) is 13.0 Å². The van der Waals surface area contributed by atoms with Gasteiger partial charge in [0.2, 0.25) is 5.91 Å². The average Bonchev–Trinajstić information content (AvgIpc) is 2.68. The van der Waals surface area contributed by atoms with E-state index in [1.165, 1.54) is 4.90 Å². The Hall–Kier alpha value is -1.68. The second-order valence-corrected chi connectivity index (χ2v) is 4.99. The molecule has 2 rings (SSSR count). The van der Waals surface area contributed by atoms with E-state index in [-0.39, 0.29) is 17.9 Å². The number of amides is 2. The second kappa shape index (κ2) is 6.48. The van der Waals surface area contributed by atoms with E-state index in [1.807, 2.05) is 35.6 Å². The molecular weight excluding hydrogens is 240 g/mol. The molecule has 0 aromatic heterocycles. The Kier molecular flexibility index (Phi) is 4.68. The van der Waals surface area contributed by atoms with Crippen LogP contribution in [0.3, 0.4) is 0 Å². The van der Waals surface area contributed by atoms with Gasteiger partial charge in [-0.3, -0.25) is 14.5 Å². The van der Waals surface area contributed by atoms with Crippen LogP contribution in [0.5, 0.6) is 0 Å².